The zero-order chi connectivity index (χ0) is 19.4. The third kappa shape index (κ3) is 4.45. The summed E-state index contributed by atoms with van der Waals surface area (Å²) in [5.41, 5.74) is 2.45. The lowest BCUT2D eigenvalue weighted by molar-refractivity contribution is -0.136. The third-order valence-electron chi connectivity index (χ3n) is 5.40. The van der Waals surface area contributed by atoms with E-state index in [1.165, 1.54) is 19.3 Å². The molecule has 1 saturated heterocycles. The summed E-state index contributed by atoms with van der Waals surface area (Å²) in [5.74, 6) is -1.26. The van der Waals surface area contributed by atoms with Gasteiger partial charge in [-0.15, -0.1) is 0 Å². The molecule has 144 valence electrons. The Bertz CT molecular complexity index is 836. The Morgan fingerprint density at radius 3 is 2.85 bits per heavy atom. The van der Waals surface area contributed by atoms with Crippen LogP contribution in [-0.2, 0) is 9.59 Å². The maximum atomic E-state index is 12.3. The Hall–Kier alpha value is -2.47. The summed E-state index contributed by atoms with van der Waals surface area (Å²) in [6.45, 7) is 7.80. The number of nitrogens with one attached hydrogen (secondary N) is 2. The second-order valence-electron chi connectivity index (χ2n) is 7.43. The van der Waals surface area contributed by atoms with Crippen LogP contribution in [-0.4, -0.2) is 46.9 Å². The zero-order valence-electron chi connectivity index (χ0n) is 16.3. The minimum Gasteiger partial charge on any atom is -0.346 e. The first-order chi connectivity index (χ1) is 13.0. The maximum absolute atomic E-state index is 12.3. The first kappa shape index (κ1) is 19.3. The average molecular weight is 368 g/mol. The molecule has 1 aromatic heterocycles. The van der Waals surface area contributed by atoms with Gasteiger partial charge in [-0.25, -0.2) is 0 Å². The van der Waals surface area contributed by atoms with Crippen molar-refractivity contribution < 1.29 is 9.59 Å². The topological polar surface area (TPSA) is 74.3 Å². The summed E-state index contributed by atoms with van der Waals surface area (Å²) < 4.78 is 0. The number of carbonyl (C=O) groups is 2. The lowest BCUT2D eigenvalue weighted by atomic mass is 10.0. The Kier molecular flexibility index (Phi) is 6.06. The second-order valence-corrected chi connectivity index (χ2v) is 7.43. The Morgan fingerprint density at radius 1 is 1.26 bits per heavy atom. The number of carbonyl (C=O) groups excluding carboxylic acids is 2. The molecule has 1 aliphatic heterocycles. The van der Waals surface area contributed by atoms with E-state index >= 15 is 0 Å². The highest BCUT2D eigenvalue weighted by atomic mass is 16.2. The number of likely N-dealkylation sites (tertiary alicyclic amines) is 1. The molecule has 0 aliphatic carbocycles. The third-order valence-corrected chi connectivity index (χ3v) is 5.40. The molecule has 2 atom stereocenters. The van der Waals surface area contributed by atoms with Crippen LogP contribution in [0.4, 0.5) is 5.69 Å². The van der Waals surface area contributed by atoms with E-state index in [0.717, 1.165) is 23.0 Å². The van der Waals surface area contributed by atoms with Crippen molar-refractivity contribution >= 4 is 28.4 Å². The van der Waals surface area contributed by atoms with Crippen LogP contribution in [0.25, 0.3) is 10.9 Å². The molecule has 2 amide bonds. The molecular formula is C21H28N4O2. The molecule has 3 rings (SSSR count). The molecule has 1 fully saturated rings. The van der Waals surface area contributed by atoms with Gasteiger partial charge in [-0.05, 0) is 63.9 Å². The molecule has 2 aromatic rings. The normalized spacial score (nSPS) is 18.9. The van der Waals surface area contributed by atoms with Gasteiger partial charge in [0.05, 0.1) is 11.2 Å². The fraction of sp³-hybridized carbons (Fsp3) is 0.476. The molecule has 1 aliphatic rings. The second kappa shape index (κ2) is 8.48. The maximum Gasteiger partial charge on any atom is 0.313 e. The van der Waals surface area contributed by atoms with Crippen molar-refractivity contribution in [1.29, 1.82) is 0 Å². The molecule has 6 heteroatoms. The monoisotopic (exact) mass is 368 g/mol. The van der Waals surface area contributed by atoms with Gasteiger partial charge in [0, 0.05) is 30.2 Å². The Labute approximate surface area is 160 Å². The molecule has 0 saturated carbocycles. The van der Waals surface area contributed by atoms with Crippen LogP contribution in [0.15, 0.2) is 30.5 Å². The van der Waals surface area contributed by atoms with Gasteiger partial charge in [-0.3, -0.25) is 19.5 Å². The molecule has 1 aromatic carbocycles. The first-order valence-corrected chi connectivity index (χ1v) is 9.66. The standard InChI is InChI=1S/C21H28N4O2/c1-14-9-10-18(17-8-6-11-22-19(14)17)24-21(27)20(26)23-13-16(3)25-12-5-4-7-15(25)2/h6,8-11,15-16H,4-5,7,12-13H2,1-3H3,(H,23,26)(H,24,27). The van der Waals surface area contributed by atoms with Crippen molar-refractivity contribution in [3.8, 4) is 0 Å². The number of nitrogens with zero attached hydrogens (tertiary/aromatic N) is 2. The smallest absolute Gasteiger partial charge is 0.313 e. The zero-order valence-corrected chi connectivity index (χ0v) is 16.3. The molecule has 2 N–H and O–H groups in total. The van der Waals surface area contributed by atoms with Crippen molar-refractivity contribution in [2.24, 2.45) is 0 Å². The average Bonchev–Trinajstić information content (AvgIpc) is 2.68. The van der Waals surface area contributed by atoms with Gasteiger partial charge in [0.2, 0.25) is 0 Å². The number of rotatable bonds is 4. The highest BCUT2D eigenvalue weighted by Crippen LogP contribution is 2.24. The van der Waals surface area contributed by atoms with E-state index < -0.39 is 11.8 Å². The van der Waals surface area contributed by atoms with E-state index in [9.17, 15) is 9.59 Å². The Morgan fingerprint density at radius 2 is 2.07 bits per heavy atom. The number of anilines is 1. The van der Waals surface area contributed by atoms with E-state index in [1.54, 1.807) is 6.20 Å². The van der Waals surface area contributed by atoms with E-state index in [1.807, 2.05) is 31.2 Å². The molecule has 0 spiro atoms. The number of piperidine rings is 1. The molecule has 2 heterocycles. The van der Waals surface area contributed by atoms with E-state index in [0.29, 0.717) is 18.3 Å². The molecule has 0 radical (unpaired) electrons. The lowest BCUT2D eigenvalue weighted by Crippen LogP contribution is -2.49. The summed E-state index contributed by atoms with van der Waals surface area (Å²) in [5, 5.41) is 6.32. The number of hydrogen-bond donors (Lipinski definition) is 2. The number of aromatic nitrogens is 1. The van der Waals surface area contributed by atoms with E-state index in [2.05, 4.69) is 34.4 Å². The highest BCUT2D eigenvalue weighted by molar-refractivity contribution is 6.40. The number of benzene rings is 1. The van der Waals surface area contributed by atoms with Crippen LogP contribution in [0, 0.1) is 6.92 Å². The van der Waals surface area contributed by atoms with Crippen LogP contribution in [0.3, 0.4) is 0 Å². The Balaban J connectivity index is 1.60. The summed E-state index contributed by atoms with van der Waals surface area (Å²) >= 11 is 0. The molecule has 27 heavy (non-hydrogen) atoms. The highest BCUT2D eigenvalue weighted by Gasteiger charge is 2.24. The van der Waals surface area contributed by atoms with E-state index in [-0.39, 0.29) is 6.04 Å². The number of pyridine rings is 1. The number of hydrogen-bond acceptors (Lipinski definition) is 4. The van der Waals surface area contributed by atoms with Gasteiger partial charge < -0.3 is 10.6 Å². The number of aryl methyl sites for hydroxylation is 1. The first-order valence-electron chi connectivity index (χ1n) is 9.66. The van der Waals surface area contributed by atoms with Crippen LogP contribution in [0.1, 0.15) is 38.7 Å². The van der Waals surface area contributed by atoms with Gasteiger partial charge in [-0.1, -0.05) is 12.5 Å². The van der Waals surface area contributed by atoms with Crippen molar-refractivity contribution in [3.05, 3.63) is 36.0 Å². The quantitative estimate of drug-likeness (QED) is 0.814. The minimum atomic E-state index is -0.650. The lowest BCUT2D eigenvalue weighted by Gasteiger charge is -2.38. The minimum absolute atomic E-state index is 0.210. The number of amides is 2. The van der Waals surface area contributed by atoms with Gasteiger partial charge in [0.25, 0.3) is 0 Å². The summed E-state index contributed by atoms with van der Waals surface area (Å²) in [6.07, 6.45) is 5.36. The van der Waals surface area contributed by atoms with Gasteiger partial charge >= 0.3 is 11.8 Å². The predicted octanol–water partition coefficient (Wildman–Crippen LogP) is 2.86. The van der Waals surface area contributed by atoms with Crippen LogP contribution < -0.4 is 10.6 Å². The largest absolute Gasteiger partial charge is 0.346 e. The van der Waals surface area contributed by atoms with Gasteiger partial charge in [0.1, 0.15) is 0 Å². The van der Waals surface area contributed by atoms with Crippen LogP contribution >= 0.6 is 0 Å². The summed E-state index contributed by atoms with van der Waals surface area (Å²) in [7, 11) is 0. The fourth-order valence-corrected chi connectivity index (χ4v) is 3.82. The summed E-state index contributed by atoms with van der Waals surface area (Å²) in [6, 6.07) is 8.14. The predicted molar refractivity (Wildman–Crippen MR) is 108 cm³/mol. The molecular weight excluding hydrogens is 340 g/mol. The van der Waals surface area contributed by atoms with Crippen molar-refractivity contribution in [3.63, 3.8) is 0 Å². The fourth-order valence-electron chi connectivity index (χ4n) is 3.82. The van der Waals surface area contributed by atoms with Crippen molar-refractivity contribution in [2.45, 2.75) is 52.1 Å². The van der Waals surface area contributed by atoms with Crippen molar-refractivity contribution in [1.82, 2.24) is 15.2 Å². The number of fused-ring (bicyclic) bond motifs is 1. The van der Waals surface area contributed by atoms with Crippen LogP contribution in [0.5, 0.6) is 0 Å². The molecule has 0 bridgehead atoms. The molecule has 6 nitrogen and oxygen atoms in total. The van der Waals surface area contributed by atoms with Crippen LogP contribution in [0.2, 0.25) is 0 Å². The SMILES string of the molecule is Cc1ccc(NC(=O)C(=O)NCC(C)N2CCCCC2C)c2cccnc12. The van der Waals surface area contributed by atoms with Gasteiger partial charge in [0.15, 0.2) is 0 Å². The van der Waals surface area contributed by atoms with Gasteiger partial charge in [-0.2, -0.15) is 0 Å². The summed E-state index contributed by atoms with van der Waals surface area (Å²) in [4.78, 5) is 31.4. The van der Waals surface area contributed by atoms with Crippen molar-refractivity contribution in [2.75, 3.05) is 18.4 Å². The van der Waals surface area contributed by atoms with E-state index in [4.69, 9.17) is 0 Å². The molecule has 2 unspecified atom stereocenters.